The number of hydrogen-bond donors (Lipinski definition) is 2. The number of nitrogens with zero attached hydrogens (tertiary/aromatic N) is 2. The molecule has 0 bridgehead atoms. The van der Waals surface area contributed by atoms with E-state index in [1.54, 1.807) is 22.9 Å². The van der Waals surface area contributed by atoms with Crippen molar-refractivity contribution in [3.63, 3.8) is 0 Å². The van der Waals surface area contributed by atoms with Crippen LogP contribution in [0.4, 0.5) is 11.5 Å². The molecule has 2 heterocycles. The van der Waals surface area contributed by atoms with E-state index in [2.05, 4.69) is 15.7 Å². The second-order valence-corrected chi connectivity index (χ2v) is 7.15. The lowest BCUT2D eigenvalue weighted by Crippen LogP contribution is -2.35. The van der Waals surface area contributed by atoms with Crippen molar-refractivity contribution in [1.29, 1.82) is 0 Å². The lowest BCUT2D eigenvalue weighted by atomic mass is 10.1. The van der Waals surface area contributed by atoms with Crippen LogP contribution in [0.3, 0.4) is 0 Å². The van der Waals surface area contributed by atoms with Gasteiger partial charge in [-0.15, -0.1) is 0 Å². The maximum atomic E-state index is 13.0. The van der Waals surface area contributed by atoms with Crippen molar-refractivity contribution in [3.05, 3.63) is 59.1 Å². The highest BCUT2D eigenvalue weighted by Gasteiger charge is 2.34. The molecule has 7 nitrogen and oxygen atoms in total. The molecule has 0 aliphatic carbocycles. The first-order valence-electron chi connectivity index (χ1n) is 9.06. The molecule has 0 radical (unpaired) electrons. The van der Waals surface area contributed by atoms with Gasteiger partial charge in [-0.05, 0) is 25.1 Å². The predicted octanol–water partition coefficient (Wildman–Crippen LogP) is 4.04. The fourth-order valence-corrected chi connectivity index (χ4v) is 3.64. The molecular formula is C21H19ClN4O3. The first-order valence-corrected chi connectivity index (χ1v) is 9.44. The summed E-state index contributed by atoms with van der Waals surface area (Å²) < 4.78 is 6.71. The zero-order valence-corrected chi connectivity index (χ0v) is 16.7. The van der Waals surface area contributed by atoms with E-state index in [0.29, 0.717) is 22.3 Å². The zero-order chi connectivity index (χ0) is 20.5. The Kier molecular flexibility index (Phi) is 4.98. The maximum Gasteiger partial charge on any atom is 0.249 e. The lowest BCUT2D eigenvalue weighted by molar-refractivity contribution is -0.125. The van der Waals surface area contributed by atoms with Gasteiger partial charge < -0.3 is 15.4 Å². The van der Waals surface area contributed by atoms with Crippen molar-refractivity contribution >= 4 is 34.9 Å². The summed E-state index contributed by atoms with van der Waals surface area (Å²) in [6.07, 6.45) is -0.00191. The fourth-order valence-electron chi connectivity index (χ4n) is 3.38. The summed E-state index contributed by atoms with van der Waals surface area (Å²) >= 11 is 6.14. The molecule has 0 spiro atoms. The average molecular weight is 411 g/mol. The number of rotatable bonds is 4. The minimum absolute atomic E-state index is 0.00191. The van der Waals surface area contributed by atoms with Gasteiger partial charge in [-0.2, -0.15) is 5.10 Å². The Balaban J connectivity index is 1.66. The van der Waals surface area contributed by atoms with E-state index < -0.39 is 6.04 Å². The molecular weight excluding hydrogens is 392 g/mol. The Morgan fingerprint density at radius 1 is 1.28 bits per heavy atom. The van der Waals surface area contributed by atoms with Crippen molar-refractivity contribution in [2.24, 2.45) is 0 Å². The van der Waals surface area contributed by atoms with Crippen LogP contribution in [0, 0.1) is 6.92 Å². The third kappa shape index (κ3) is 3.56. The molecule has 1 atom stereocenters. The number of methoxy groups -OCH3 is 1. The molecule has 148 valence electrons. The van der Waals surface area contributed by atoms with Gasteiger partial charge >= 0.3 is 0 Å². The molecule has 4 rings (SSSR count). The minimum atomic E-state index is -0.768. The highest BCUT2D eigenvalue weighted by molar-refractivity contribution is 6.32. The molecule has 2 amide bonds. The standard InChI is InChI=1S/C21H19ClN4O3/c1-12-19(13-6-4-3-5-7-13)25-26-16(11-18(27)24-20(12)26)21(28)23-14-8-9-17(29-2)15(22)10-14/h3-10,16H,11H2,1-2H3,(H,23,28)(H,24,27)/t16-/m1/s1. The molecule has 2 N–H and O–H groups in total. The Labute approximate surface area is 172 Å². The summed E-state index contributed by atoms with van der Waals surface area (Å²) in [4.78, 5) is 25.2. The second-order valence-electron chi connectivity index (χ2n) is 6.74. The number of ether oxygens (including phenoxy) is 1. The molecule has 8 heteroatoms. The first kappa shape index (κ1) is 19.0. The molecule has 0 fully saturated rings. The number of halogens is 1. The summed E-state index contributed by atoms with van der Waals surface area (Å²) in [6.45, 7) is 1.88. The zero-order valence-electron chi connectivity index (χ0n) is 15.9. The van der Waals surface area contributed by atoms with Crippen LogP contribution in [-0.4, -0.2) is 28.7 Å². The summed E-state index contributed by atoms with van der Waals surface area (Å²) in [5.41, 5.74) is 2.98. The number of hydrogen-bond acceptors (Lipinski definition) is 4. The van der Waals surface area contributed by atoms with Crippen LogP contribution >= 0.6 is 11.6 Å². The molecule has 0 unspecified atom stereocenters. The van der Waals surface area contributed by atoms with Crippen molar-refractivity contribution in [3.8, 4) is 17.0 Å². The quantitative estimate of drug-likeness (QED) is 0.679. The van der Waals surface area contributed by atoms with Crippen LogP contribution in [0.5, 0.6) is 5.75 Å². The van der Waals surface area contributed by atoms with Crippen LogP contribution < -0.4 is 15.4 Å². The van der Waals surface area contributed by atoms with Gasteiger partial charge in [0.2, 0.25) is 11.8 Å². The molecule has 1 aliphatic heterocycles. The van der Waals surface area contributed by atoms with Gasteiger partial charge in [-0.25, -0.2) is 4.68 Å². The Morgan fingerprint density at radius 3 is 2.72 bits per heavy atom. The average Bonchev–Trinajstić information content (AvgIpc) is 3.04. The third-order valence-electron chi connectivity index (χ3n) is 4.85. The summed E-state index contributed by atoms with van der Waals surface area (Å²) in [5.74, 6) is 0.477. The molecule has 3 aromatic rings. The molecule has 0 saturated heterocycles. The van der Waals surface area contributed by atoms with Crippen LogP contribution in [0.15, 0.2) is 48.5 Å². The first-order chi connectivity index (χ1) is 14.0. The van der Waals surface area contributed by atoms with Crippen LogP contribution in [0.2, 0.25) is 5.02 Å². The summed E-state index contributed by atoms with van der Waals surface area (Å²) in [7, 11) is 1.52. The molecule has 1 aliphatic rings. The Hall–Kier alpha value is -3.32. The third-order valence-corrected chi connectivity index (χ3v) is 5.14. The van der Waals surface area contributed by atoms with E-state index in [9.17, 15) is 9.59 Å². The molecule has 29 heavy (non-hydrogen) atoms. The second kappa shape index (κ2) is 7.60. The molecule has 2 aromatic carbocycles. The number of aromatic nitrogens is 2. The van der Waals surface area contributed by atoms with Gasteiger partial charge in [-0.3, -0.25) is 9.59 Å². The SMILES string of the molecule is COc1ccc(NC(=O)[C@H]2CC(=O)Nc3c(C)c(-c4ccccc4)nn32)cc1Cl. The van der Waals surface area contributed by atoms with Crippen LogP contribution in [0.25, 0.3) is 11.3 Å². The van der Waals surface area contributed by atoms with Crippen LogP contribution in [-0.2, 0) is 9.59 Å². The van der Waals surface area contributed by atoms with Gasteiger partial charge in [0.05, 0.1) is 24.2 Å². The largest absolute Gasteiger partial charge is 0.495 e. The van der Waals surface area contributed by atoms with E-state index in [4.69, 9.17) is 16.3 Å². The predicted molar refractivity (Wildman–Crippen MR) is 111 cm³/mol. The lowest BCUT2D eigenvalue weighted by Gasteiger charge is -2.24. The fraction of sp³-hybridized carbons (Fsp3) is 0.190. The highest BCUT2D eigenvalue weighted by atomic mass is 35.5. The van der Waals surface area contributed by atoms with Gasteiger partial charge in [0.1, 0.15) is 17.6 Å². The smallest absolute Gasteiger partial charge is 0.249 e. The van der Waals surface area contributed by atoms with Gasteiger partial charge in [-0.1, -0.05) is 41.9 Å². The number of benzene rings is 2. The number of carbonyl (C=O) groups excluding carboxylic acids is 2. The monoisotopic (exact) mass is 410 g/mol. The maximum absolute atomic E-state index is 13.0. The van der Waals surface area contributed by atoms with E-state index in [-0.39, 0.29) is 18.2 Å². The van der Waals surface area contributed by atoms with Crippen molar-refractivity contribution < 1.29 is 14.3 Å². The number of nitrogens with one attached hydrogen (secondary N) is 2. The van der Waals surface area contributed by atoms with E-state index in [1.807, 2.05) is 37.3 Å². The van der Waals surface area contributed by atoms with Gasteiger partial charge in [0.25, 0.3) is 0 Å². The van der Waals surface area contributed by atoms with Crippen molar-refractivity contribution in [2.75, 3.05) is 17.7 Å². The van der Waals surface area contributed by atoms with Crippen LogP contribution in [0.1, 0.15) is 18.0 Å². The van der Waals surface area contributed by atoms with Gasteiger partial charge in [0, 0.05) is 16.8 Å². The van der Waals surface area contributed by atoms with E-state index in [0.717, 1.165) is 16.8 Å². The van der Waals surface area contributed by atoms with Crippen molar-refractivity contribution in [2.45, 2.75) is 19.4 Å². The number of carbonyl (C=O) groups is 2. The van der Waals surface area contributed by atoms with E-state index in [1.165, 1.54) is 7.11 Å². The highest BCUT2D eigenvalue weighted by Crippen LogP contribution is 2.35. The molecule has 0 saturated carbocycles. The topological polar surface area (TPSA) is 85.2 Å². The Bertz CT molecular complexity index is 1090. The minimum Gasteiger partial charge on any atom is -0.495 e. The molecule has 1 aromatic heterocycles. The van der Waals surface area contributed by atoms with E-state index >= 15 is 0 Å². The number of anilines is 2. The summed E-state index contributed by atoms with van der Waals surface area (Å²) in [5, 5.41) is 10.7. The van der Waals surface area contributed by atoms with Gasteiger partial charge in [0.15, 0.2) is 0 Å². The summed E-state index contributed by atoms with van der Waals surface area (Å²) in [6, 6.07) is 13.8. The normalized spacial score (nSPS) is 15.4. The number of fused-ring (bicyclic) bond motifs is 1. The Morgan fingerprint density at radius 2 is 2.03 bits per heavy atom. The van der Waals surface area contributed by atoms with Crippen molar-refractivity contribution in [1.82, 2.24) is 9.78 Å². The number of amides is 2.